The molecule has 1 aliphatic rings. The molecular weight excluding hydrogens is 382 g/mol. The predicted molar refractivity (Wildman–Crippen MR) is 112 cm³/mol. The largest absolute Gasteiger partial charge is 0.478 e. The number of pyridine rings is 1. The van der Waals surface area contributed by atoms with E-state index < -0.39 is 0 Å². The second-order valence-electron chi connectivity index (χ2n) is 7.12. The lowest BCUT2D eigenvalue weighted by Gasteiger charge is -2.35. The Morgan fingerprint density at radius 2 is 1.80 bits per heavy atom. The van der Waals surface area contributed by atoms with Gasteiger partial charge in [0, 0.05) is 50.2 Å². The Balaban J connectivity index is 1.41. The molecule has 0 radical (unpaired) electrons. The van der Waals surface area contributed by atoms with Crippen LogP contribution in [0.15, 0.2) is 37.1 Å². The molecule has 3 aromatic heterocycles. The van der Waals surface area contributed by atoms with Gasteiger partial charge in [0.1, 0.15) is 24.3 Å². The molecule has 0 atom stereocenters. The minimum absolute atomic E-state index is 0.0157. The van der Waals surface area contributed by atoms with Crippen molar-refractivity contribution in [1.29, 1.82) is 0 Å². The van der Waals surface area contributed by atoms with Gasteiger partial charge in [-0.25, -0.2) is 19.9 Å². The van der Waals surface area contributed by atoms with E-state index in [4.69, 9.17) is 4.74 Å². The lowest BCUT2D eigenvalue weighted by molar-refractivity contribution is 0.0746. The quantitative estimate of drug-likeness (QED) is 0.639. The molecule has 0 aliphatic carbocycles. The van der Waals surface area contributed by atoms with E-state index in [1.807, 2.05) is 36.3 Å². The van der Waals surface area contributed by atoms with Crippen LogP contribution in [0.1, 0.15) is 28.7 Å². The van der Waals surface area contributed by atoms with E-state index in [0.717, 1.165) is 23.0 Å². The van der Waals surface area contributed by atoms with Crippen LogP contribution in [0.25, 0.3) is 5.82 Å². The maximum atomic E-state index is 12.8. The van der Waals surface area contributed by atoms with Crippen LogP contribution in [0.3, 0.4) is 0 Å². The number of anilines is 1. The first-order valence-corrected chi connectivity index (χ1v) is 10.0. The Labute approximate surface area is 175 Å². The first-order chi connectivity index (χ1) is 14.6. The summed E-state index contributed by atoms with van der Waals surface area (Å²) in [5, 5.41) is 0. The third-order valence-corrected chi connectivity index (χ3v) is 5.30. The molecule has 1 fully saturated rings. The van der Waals surface area contributed by atoms with Crippen LogP contribution in [-0.4, -0.2) is 68.1 Å². The predicted octanol–water partition coefficient (Wildman–Crippen LogP) is 2.04. The number of amides is 1. The Morgan fingerprint density at radius 3 is 2.43 bits per heavy atom. The van der Waals surface area contributed by atoms with Crippen molar-refractivity contribution in [3.05, 3.63) is 54.0 Å². The molecule has 3 aromatic rings. The van der Waals surface area contributed by atoms with Crippen molar-refractivity contribution >= 4 is 11.7 Å². The SMILES string of the molecule is CCOc1ccc(C(=O)N2CCN(c3cc(-n4cnc(C)c4C)ncn3)CC2)cn1. The van der Waals surface area contributed by atoms with E-state index in [9.17, 15) is 4.79 Å². The first kappa shape index (κ1) is 19.8. The number of imidazole rings is 1. The van der Waals surface area contributed by atoms with E-state index in [1.54, 1.807) is 31.0 Å². The summed E-state index contributed by atoms with van der Waals surface area (Å²) in [5.41, 5.74) is 2.60. The Hall–Kier alpha value is -3.49. The van der Waals surface area contributed by atoms with Gasteiger partial charge < -0.3 is 14.5 Å². The number of aromatic nitrogens is 5. The summed E-state index contributed by atoms with van der Waals surface area (Å²) in [6.07, 6.45) is 4.92. The molecule has 4 rings (SSSR count). The van der Waals surface area contributed by atoms with Crippen molar-refractivity contribution in [1.82, 2.24) is 29.4 Å². The number of ether oxygens (including phenoxy) is 1. The number of carbonyl (C=O) groups is 1. The van der Waals surface area contributed by atoms with Crippen molar-refractivity contribution in [2.45, 2.75) is 20.8 Å². The third-order valence-electron chi connectivity index (χ3n) is 5.30. The van der Waals surface area contributed by atoms with Crippen LogP contribution in [-0.2, 0) is 0 Å². The van der Waals surface area contributed by atoms with Gasteiger partial charge in [0.15, 0.2) is 0 Å². The Kier molecular flexibility index (Phi) is 5.60. The molecule has 0 unspecified atom stereocenters. The van der Waals surface area contributed by atoms with E-state index >= 15 is 0 Å². The highest BCUT2D eigenvalue weighted by molar-refractivity contribution is 5.94. The van der Waals surface area contributed by atoms with Gasteiger partial charge in [-0.1, -0.05) is 0 Å². The fraction of sp³-hybridized carbons (Fsp3) is 0.381. The molecule has 0 N–H and O–H groups in total. The van der Waals surface area contributed by atoms with Gasteiger partial charge >= 0.3 is 0 Å². The zero-order valence-electron chi connectivity index (χ0n) is 17.4. The van der Waals surface area contributed by atoms with E-state index in [1.165, 1.54) is 0 Å². The Bertz CT molecular complexity index is 1020. The molecule has 9 nitrogen and oxygen atoms in total. The molecule has 4 heterocycles. The molecule has 9 heteroatoms. The van der Waals surface area contributed by atoms with Crippen molar-refractivity contribution in [3.8, 4) is 11.7 Å². The number of rotatable bonds is 5. The molecule has 1 amide bonds. The standard InChI is InChI=1S/C21H25N7O2/c1-4-30-20-6-5-17(12-22-20)21(29)27-9-7-26(8-10-27)18-11-19(24-13-23-18)28-14-25-15(2)16(28)3/h5-6,11-14H,4,7-10H2,1-3H3. The molecule has 0 saturated carbocycles. The van der Waals surface area contributed by atoms with Crippen LogP contribution >= 0.6 is 0 Å². The number of piperazine rings is 1. The third kappa shape index (κ3) is 3.96. The van der Waals surface area contributed by atoms with Gasteiger partial charge in [-0.15, -0.1) is 0 Å². The van der Waals surface area contributed by atoms with Crippen LogP contribution in [0, 0.1) is 13.8 Å². The summed E-state index contributed by atoms with van der Waals surface area (Å²) in [7, 11) is 0. The van der Waals surface area contributed by atoms with E-state index in [-0.39, 0.29) is 5.91 Å². The highest BCUT2D eigenvalue weighted by Gasteiger charge is 2.23. The van der Waals surface area contributed by atoms with Crippen molar-refractivity contribution in [2.75, 3.05) is 37.7 Å². The minimum atomic E-state index is -0.0157. The van der Waals surface area contributed by atoms with Crippen molar-refractivity contribution in [2.24, 2.45) is 0 Å². The smallest absolute Gasteiger partial charge is 0.255 e. The number of hydrogen-bond acceptors (Lipinski definition) is 7. The molecule has 0 bridgehead atoms. The van der Waals surface area contributed by atoms with Crippen LogP contribution in [0.4, 0.5) is 5.82 Å². The average Bonchev–Trinajstić information content (AvgIpc) is 3.12. The van der Waals surface area contributed by atoms with E-state index in [0.29, 0.717) is 44.2 Å². The highest BCUT2D eigenvalue weighted by atomic mass is 16.5. The highest BCUT2D eigenvalue weighted by Crippen LogP contribution is 2.19. The number of nitrogens with zero attached hydrogens (tertiary/aromatic N) is 7. The molecule has 0 aromatic carbocycles. The summed E-state index contributed by atoms with van der Waals surface area (Å²) >= 11 is 0. The van der Waals surface area contributed by atoms with Gasteiger partial charge in [-0.05, 0) is 26.8 Å². The zero-order chi connectivity index (χ0) is 21.1. The van der Waals surface area contributed by atoms with Crippen molar-refractivity contribution in [3.63, 3.8) is 0 Å². The molecule has 30 heavy (non-hydrogen) atoms. The van der Waals surface area contributed by atoms with Crippen LogP contribution in [0.5, 0.6) is 5.88 Å². The fourth-order valence-corrected chi connectivity index (χ4v) is 3.43. The lowest BCUT2D eigenvalue weighted by atomic mass is 10.2. The summed E-state index contributed by atoms with van der Waals surface area (Å²) in [6, 6.07) is 5.45. The summed E-state index contributed by atoms with van der Waals surface area (Å²) in [5.74, 6) is 2.15. The maximum Gasteiger partial charge on any atom is 0.255 e. The number of carbonyl (C=O) groups excluding carboxylic acids is 1. The van der Waals surface area contributed by atoms with E-state index in [2.05, 4.69) is 24.8 Å². The normalized spacial score (nSPS) is 14.1. The monoisotopic (exact) mass is 407 g/mol. The topological polar surface area (TPSA) is 89.3 Å². The molecule has 156 valence electrons. The van der Waals surface area contributed by atoms with Gasteiger partial charge in [-0.3, -0.25) is 9.36 Å². The second kappa shape index (κ2) is 8.48. The Morgan fingerprint density at radius 1 is 1.03 bits per heavy atom. The summed E-state index contributed by atoms with van der Waals surface area (Å²) in [4.78, 5) is 34.1. The summed E-state index contributed by atoms with van der Waals surface area (Å²) in [6.45, 7) is 9.09. The summed E-state index contributed by atoms with van der Waals surface area (Å²) < 4.78 is 7.30. The maximum absolute atomic E-state index is 12.8. The van der Waals surface area contributed by atoms with Crippen LogP contribution < -0.4 is 9.64 Å². The van der Waals surface area contributed by atoms with Crippen molar-refractivity contribution < 1.29 is 9.53 Å². The number of aryl methyl sites for hydroxylation is 1. The number of hydrogen-bond donors (Lipinski definition) is 0. The molecule has 1 aliphatic heterocycles. The first-order valence-electron chi connectivity index (χ1n) is 10.0. The van der Waals surface area contributed by atoms with Gasteiger partial charge in [-0.2, -0.15) is 0 Å². The van der Waals surface area contributed by atoms with Gasteiger partial charge in [0.25, 0.3) is 5.91 Å². The van der Waals surface area contributed by atoms with Crippen LogP contribution in [0.2, 0.25) is 0 Å². The second-order valence-corrected chi connectivity index (χ2v) is 7.12. The molecule has 1 saturated heterocycles. The van der Waals surface area contributed by atoms with Gasteiger partial charge in [0.05, 0.1) is 17.9 Å². The van der Waals surface area contributed by atoms with Gasteiger partial charge in [0.2, 0.25) is 5.88 Å². The minimum Gasteiger partial charge on any atom is -0.478 e. The average molecular weight is 407 g/mol. The lowest BCUT2D eigenvalue weighted by Crippen LogP contribution is -2.49. The molecular formula is C21H25N7O2. The molecule has 0 spiro atoms. The zero-order valence-corrected chi connectivity index (χ0v) is 17.4. The fourth-order valence-electron chi connectivity index (χ4n) is 3.43.